The molecule has 2 heterocycles. The van der Waals surface area contributed by atoms with Crippen molar-refractivity contribution in [1.29, 1.82) is 0 Å². The molecule has 1 aromatic carbocycles. The largest absolute Gasteiger partial charge is 0.323 e. The summed E-state index contributed by atoms with van der Waals surface area (Å²) in [5.74, 6) is -0.243. The van der Waals surface area contributed by atoms with E-state index in [1.807, 2.05) is 0 Å². The van der Waals surface area contributed by atoms with Gasteiger partial charge in [-0.1, -0.05) is 46.6 Å². The standard InChI is InChI=1S/C19H16Cl3N3O2S2/c1-25-18(27)15-10-4-2-3-5-13(10)29-17(15)24-19(25)28-8-14(26)23-16-11(21)6-9(20)7-12(16)22/h6-7H,2-5,8H2,1H3,(H,23,26). The first-order chi connectivity index (χ1) is 13.8. The lowest BCUT2D eigenvalue weighted by Crippen LogP contribution is -2.22. The molecule has 4 rings (SSSR count). The third-order valence-electron chi connectivity index (χ3n) is 4.76. The molecule has 1 N–H and O–H groups in total. The van der Waals surface area contributed by atoms with E-state index >= 15 is 0 Å². The number of thioether (sulfide) groups is 1. The highest BCUT2D eigenvalue weighted by atomic mass is 35.5. The second kappa shape index (κ2) is 8.47. The van der Waals surface area contributed by atoms with Crippen LogP contribution in [0.5, 0.6) is 0 Å². The van der Waals surface area contributed by atoms with Crippen molar-refractivity contribution in [3.8, 4) is 0 Å². The number of halogens is 3. The molecule has 10 heteroatoms. The number of fused-ring (bicyclic) bond motifs is 3. The zero-order valence-electron chi connectivity index (χ0n) is 15.4. The van der Waals surface area contributed by atoms with Crippen molar-refractivity contribution in [3.63, 3.8) is 0 Å². The van der Waals surface area contributed by atoms with Crippen LogP contribution in [0.1, 0.15) is 23.3 Å². The van der Waals surface area contributed by atoms with E-state index < -0.39 is 0 Å². The molecule has 29 heavy (non-hydrogen) atoms. The van der Waals surface area contributed by atoms with Crippen molar-refractivity contribution in [2.45, 2.75) is 30.8 Å². The van der Waals surface area contributed by atoms with Gasteiger partial charge in [0.1, 0.15) is 4.83 Å². The second-order valence-corrected chi connectivity index (χ2v) is 10.0. The predicted octanol–water partition coefficient (Wildman–Crippen LogP) is 5.56. The molecular weight excluding hydrogens is 473 g/mol. The second-order valence-electron chi connectivity index (χ2n) is 6.73. The number of rotatable bonds is 4. The molecule has 0 spiro atoms. The first-order valence-corrected chi connectivity index (χ1v) is 11.9. The van der Waals surface area contributed by atoms with Gasteiger partial charge in [0.15, 0.2) is 5.16 Å². The Kier molecular flexibility index (Phi) is 6.14. The Hall–Kier alpha value is -1.25. The van der Waals surface area contributed by atoms with Gasteiger partial charge in [0, 0.05) is 16.9 Å². The number of nitrogens with one attached hydrogen (secondary N) is 1. The van der Waals surface area contributed by atoms with Crippen molar-refractivity contribution < 1.29 is 4.79 Å². The minimum absolute atomic E-state index is 0.0545. The van der Waals surface area contributed by atoms with Gasteiger partial charge in [-0.05, 0) is 43.4 Å². The molecule has 1 amide bonds. The van der Waals surface area contributed by atoms with Crippen LogP contribution in [-0.4, -0.2) is 21.2 Å². The Bertz CT molecular complexity index is 1170. The smallest absolute Gasteiger partial charge is 0.262 e. The van der Waals surface area contributed by atoms with Crippen LogP contribution in [0.25, 0.3) is 10.2 Å². The molecule has 1 aliphatic carbocycles. The lowest BCUT2D eigenvalue weighted by Gasteiger charge is -2.11. The average Bonchev–Trinajstić information content (AvgIpc) is 3.04. The van der Waals surface area contributed by atoms with Crippen molar-refractivity contribution in [1.82, 2.24) is 9.55 Å². The average molecular weight is 489 g/mol. The Morgan fingerprint density at radius 3 is 2.66 bits per heavy atom. The van der Waals surface area contributed by atoms with Crippen LogP contribution in [0.15, 0.2) is 22.1 Å². The van der Waals surface area contributed by atoms with Crippen molar-refractivity contribution in [2.75, 3.05) is 11.1 Å². The molecule has 2 aromatic heterocycles. The number of amides is 1. The summed E-state index contributed by atoms with van der Waals surface area (Å²) in [7, 11) is 1.69. The summed E-state index contributed by atoms with van der Waals surface area (Å²) in [6, 6.07) is 3.02. The fourth-order valence-electron chi connectivity index (χ4n) is 3.36. The summed E-state index contributed by atoms with van der Waals surface area (Å²) in [6.07, 6.45) is 4.20. The lowest BCUT2D eigenvalue weighted by atomic mass is 9.97. The Morgan fingerprint density at radius 2 is 1.93 bits per heavy atom. The Labute approximate surface area is 190 Å². The van der Waals surface area contributed by atoms with Crippen LogP contribution in [0.2, 0.25) is 15.1 Å². The molecule has 0 atom stereocenters. The third kappa shape index (κ3) is 4.16. The fraction of sp³-hybridized carbons (Fsp3) is 0.316. The van der Waals surface area contributed by atoms with E-state index in [1.165, 1.54) is 33.3 Å². The van der Waals surface area contributed by atoms with Crippen LogP contribution in [0, 0.1) is 0 Å². The molecule has 3 aromatic rings. The van der Waals surface area contributed by atoms with Gasteiger partial charge in [-0.25, -0.2) is 4.98 Å². The summed E-state index contributed by atoms with van der Waals surface area (Å²) in [4.78, 5) is 32.0. The lowest BCUT2D eigenvalue weighted by molar-refractivity contribution is -0.113. The highest BCUT2D eigenvalue weighted by molar-refractivity contribution is 7.99. The van der Waals surface area contributed by atoms with Gasteiger partial charge in [-0.2, -0.15) is 0 Å². The monoisotopic (exact) mass is 487 g/mol. The number of hydrogen-bond acceptors (Lipinski definition) is 5. The number of anilines is 1. The first kappa shape index (κ1) is 21.0. The van der Waals surface area contributed by atoms with Crippen LogP contribution in [-0.2, 0) is 24.7 Å². The van der Waals surface area contributed by atoms with E-state index in [1.54, 1.807) is 18.4 Å². The van der Waals surface area contributed by atoms with Crippen LogP contribution in [0.4, 0.5) is 5.69 Å². The molecule has 5 nitrogen and oxygen atoms in total. The molecule has 0 aliphatic heterocycles. The first-order valence-electron chi connectivity index (χ1n) is 8.93. The van der Waals surface area contributed by atoms with Gasteiger partial charge in [-0.3, -0.25) is 14.2 Å². The number of carbonyl (C=O) groups is 1. The Morgan fingerprint density at radius 1 is 1.24 bits per heavy atom. The van der Waals surface area contributed by atoms with Gasteiger partial charge in [0.05, 0.1) is 26.9 Å². The van der Waals surface area contributed by atoms with E-state index in [4.69, 9.17) is 34.8 Å². The molecule has 0 saturated carbocycles. The van der Waals surface area contributed by atoms with Gasteiger partial charge >= 0.3 is 0 Å². The van der Waals surface area contributed by atoms with Gasteiger partial charge < -0.3 is 5.32 Å². The SMILES string of the molecule is Cn1c(SCC(=O)Nc2c(Cl)cc(Cl)cc2Cl)nc2sc3c(c2c1=O)CCCC3. The van der Waals surface area contributed by atoms with E-state index in [2.05, 4.69) is 10.3 Å². The summed E-state index contributed by atoms with van der Waals surface area (Å²) in [5.41, 5.74) is 1.42. The highest BCUT2D eigenvalue weighted by Crippen LogP contribution is 2.35. The van der Waals surface area contributed by atoms with E-state index in [-0.39, 0.29) is 27.3 Å². The molecule has 0 unspecified atom stereocenters. The molecular formula is C19H16Cl3N3O2S2. The molecule has 152 valence electrons. The minimum Gasteiger partial charge on any atom is -0.323 e. The number of carbonyl (C=O) groups excluding carboxylic acids is 1. The topological polar surface area (TPSA) is 64.0 Å². The number of aryl methyl sites for hydroxylation is 2. The van der Waals surface area contributed by atoms with Crippen LogP contribution >= 0.6 is 57.9 Å². The minimum atomic E-state index is -0.305. The maximum absolute atomic E-state index is 12.9. The van der Waals surface area contributed by atoms with Crippen molar-refractivity contribution >= 4 is 79.7 Å². The van der Waals surface area contributed by atoms with E-state index in [9.17, 15) is 9.59 Å². The number of benzene rings is 1. The van der Waals surface area contributed by atoms with Gasteiger partial charge in [-0.15, -0.1) is 11.3 Å². The van der Waals surface area contributed by atoms with Crippen LogP contribution in [0.3, 0.4) is 0 Å². The number of thiophene rings is 1. The predicted molar refractivity (Wildman–Crippen MR) is 122 cm³/mol. The molecule has 0 saturated heterocycles. The van der Waals surface area contributed by atoms with Crippen molar-refractivity contribution in [2.24, 2.45) is 7.05 Å². The number of hydrogen-bond donors (Lipinski definition) is 1. The normalized spacial score (nSPS) is 13.5. The zero-order valence-corrected chi connectivity index (χ0v) is 19.3. The molecule has 0 bridgehead atoms. The zero-order chi connectivity index (χ0) is 20.7. The van der Waals surface area contributed by atoms with E-state index in [0.717, 1.165) is 41.5 Å². The van der Waals surface area contributed by atoms with Gasteiger partial charge in [0.2, 0.25) is 5.91 Å². The maximum atomic E-state index is 12.9. The number of nitrogens with zero attached hydrogens (tertiary/aromatic N) is 2. The van der Waals surface area contributed by atoms with Crippen LogP contribution < -0.4 is 10.9 Å². The summed E-state index contributed by atoms with van der Waals surface area (Å²) < 4.78 is 1.52. The molecule has 0 fully saturated rings. The summed E-state index contributed by atoms with van der Waals surface area (Å²) >= 11 is 20.9. The number of aromatic nitrogens is 2. The quantitative estimate of drug-likeness (QED) is 0.385. The molecule has 1 aliphatic rings. The maximum Gasteiger partial charge on any atom is 0.262 e. The molecule has 0 radical (unpaired) electrons. The highest BCUT2D eigenvalue weighted by Gasteiger charge is 2.21. The third-order valence-corrected chi connectivity index (χ3v) is 7.79. The fourth-order valence-corrected chi connectivity index (χ4v) is 6.35. The van der Waals surface area contributed by atoms with Gasteiger partial charge in [0.25, 0.3) is 5.56 Å². The summed E-state index contributed by atoms with van der Waals surface area (Å²) in [5, 5.41) is 4.84. The Balaban J connectivity index is 1.55. The summed E-state index contributed by atoms with van der Waals surface area (Å²) in [6.45, 7) is 0. The van der Waals surface area contributed by atoms with E-state index in [0.29, 0.717) is 15.9 Å². The van der Waals surface area contributed by atoms with Crippen molar-refractivity contribution in [3.05, 3.63) is 48.0 Å².